The van der Waals surface area contributed by atoms with E-state index < -0.39 is 0 Å². The summed E-state index contributed by atoms with van der Waals surface area (Å²) in [5, 5.41) is 0. The number of unbranched alkanes of at least 4 members (excludes halogenated alkanes) is 22. The van der Waals surface area contributed by atoms with Gasteiger partial charge in [-0.1, -0.05) is 198 Å². The van der Waals surface area contributed by atoms with E-state index in [1.165, 1.54) is 158 Å². The quantitative estimate of drug-likeness (QED) is 0.0631. The van der Waals surface area contributed by atoms with Crippen LogP contribution < -0.4 is 14.2 Å². The van der Waals surface area contributed by atoms with Gasteiger partial charge in [-0.3, -0.25) is 0 Å². The van der Waals surface area contributed by atoms with E-state index in [1.54, 1.807) is 7.11 Å². The molecule has 0 aromatic heterocycles. The lowest BCUT2D eigenvalue weighted by atomic mass is 10.00. The van der Waals surface area contributed by atoms with Gasteiger partial charge >= 0.3 is 0 Å². The zero-order chi connectivity index (χ0) is 35.3. The number of benzene rings is 3. The third kappa shape index (κ3) is 17.8. The second-order valence-corrected chi connectivity index (χ2v) is 14.4. The van der Waals surface area contributed by atoms with Crippen LogP contribution in [0.1, 0.15) is 168 Å². The van der Waals surface area contributed by atoms with Crippen molar-refractivity contribution in [3.8, 4) is 39.5 Å². The maximum atomic E-state index is 6.13. The van der Waals surface area contributed by atoms with Crippen molar-refractivity contribution in [1.29, 1.82) is 0 Å². The van der Waals surface area contributed by atoms with Crippen LogP contribution in [0.3, 0.4) is 0 Å². The molecule has 3 aromatic carbocycles. The number of rotatable bonds is 31. The molecule has 0 saturated heterocycles. The Bertz CT molecular complexity index is 1220. The van der Waals surface area contributed by atoms with E-state index >= 15 is 0 Å². The molecule has 0 aliphatic rings. The fraction of sp³-hybridized carbons (Fsp3) is 0.617. The summed E-state index contributed by atoms with van der Waals surface area (Å²) in [4.78, 5) is 0. The average molecular weight is 685 g/mol. The van der Waals surface area contributed by atoms with Gasteiger partial charge in [-0.2, -0.15) is 0 Å². The Morgan fingerprint density at radius 3 is 1.10 bits per heavy atom. The second-order valence-electron chi connectivity index (χ2n) is 14.4. The number of hydrogen-bond donors (Lipinski definition) is 0. The predicted molar refractivity (Wildman–Crippen MR) is 217 cm³/mol. The fourth-order valence-corrected chi connectivity index (χ4v) is 6.82. The summed E-state index contributed by atoms with van der Waals surface area (Å²) < 4.78 is 17.9. The van der Waals surface area contributed by atoms with Gasteiger partial charge in [-0.05, 0) is 59.4 Å². The van der Waals surface area contributed by atoms with Crippen molar-refractivity contribution >= 4 is 0 Å². The van der Waals surface area contributed by atoms with Crippen molar-refractivity contribution in [3.05, 3.63) is 66.7 Å². The molecule has 3 aromatic rings. The molecule has 3 rings (SSSR count). The summed E-state index contributed by atoms with van der Waals surface area (Å²) in [6.07, 6.45) is 32.5. The van der Waals surface area contributed by atoms with Gasteiger partial charge in [0.1, 0.15) is 5.75 Å². The standard InChI is InChI=1S/C47H72O3/c1-4-6-8-10-12-14-16-18-20-22-24-26-38-49-45-35-32-42(33-36-45)41-28-30-43(31-29-41)44-34-37-46(47(40-44)48-3)50-39-27-25-23-21-19-17-15-13-11-9-7-5-2/h28-37,40H,4-27,38-39H2,1-3H3. The van der Waals surface area contributed by atoms with Gasteiger partial charge in [-0.25, -0.2) is 0 Å². The van der Waals surface area contributed by atoms with Crippen LogP contribution in [-0.2, 0) is 0 Å². The summed E-state index contributed by atoms with van der Waals surface area (Å²) >= 11 is 0. The Morgan fingerprint density at radius 2 is 0.680 bits per heavy atom. The van der Waals surface area contributed by atoms with Gasteiger partial charge in [0, 0.05) is 0 Å². The largest absolute Gasteiger partial charge is 0.494 e. The summed E-state index contributed by atoms with van der Waals surface area (Å²) in [6.45, 7) is 6.12. The van der Waals surface area contributed by atoms with Crippen molar-refractivity contribution < 1.29 is 14.2 Å². The summed E-state index contributed by atoms with van der Waals surface area (Å²) in [6, 6.07) is 23.6. The molecule has 0 amide bonds. The first-order chi connectivity index (χ1) is 24.7. The van der Waals surface area contributed by atoms with Crippen molar-refractivity contribution in [1.82, 2.24) is 0 Å². The Labute approximate surface area is 307 Å². The van der Waals surface area contributed by atoms with Crippen LogP contribution in [0.15, 0.2) is 66.7 Å². The molecule has 0 atom stereocenters. The minimum Gasteiger partial charge on any atom is -0.494 e. The van der Waals surface area contributed by atoms with E-state index in [1.807, 2.05) is 0 Å². The highest BCUT2D eigenvalue weighted by atomic mass is 16.5. The zero-order valence-corrected chi connectivity index (χ0v) is 32.5. The molecule has 0 bridgehead atoms. The Morgan fingerprint density at radius 1 is 0.340 bits per heavy atom. The van der Waals surface area contributed by atoms with Gasteiger partial charge in [-0.15, -0.1) is 0 Å². The van der Waals surface area contributed by atoms with Gasteiger partial charge in [0.15, 0.2) is 11.5 Å². The van der Waals surface area contributed by atoms with Gasteiger partial charge in [0.25, 0.3) is 0 Å². The minimum atomic E-state index is 0.741. The maximum absolute atomic E-state index is 6.13. The normalized spacial score (nSPS) is 11.2. The predicted octanol–water partition coefficient (Wildman–Crippen LogP) is 15.2. The van der Waals surface area contributed by atoms with Crippen molar-refractivity contribution in [2.24, 2.45) is 0 Å². The van der Waals surface area contributed by atoms with E-state index in [-0.39, 0.29) is 0 Å². The molecular formula is C47H72O3. The molecule has 0 aliphatic carbocycles. The lowest BCUT2D eigenvalue weighted by Crippen LogP contribution is -1.99. The van der Waals surface area contributed by atoms with E-state index in [9.17, 15) is 0 Å². The molecule has 0 fully saturated rings. The lowest BCUT2D eigenvalue weighted by molar-refractivity contribution is 0.284. The first-order valence-electron chi connectivity index (χ1n) is 20.9. The van der Waals surface area contributed by atoms with Crippen LogP contribution in [0.4, 0.5) is 0 Å². The van der Waals surface area contributed by atoms with Gasteiger partial charge in [0.2, 0.25) is 0 Å². The molecule has 0 unspecified atom stereocenters. The number of ether oxygens (including phenoxy) is 3. The fourth-order valence-electron chi connectivity index (χ4n) is 6.82. The molecule has 3 nitrogen and oxygen atoms in total. The molecule has 0 N–H and O–H groups in total. The van der Waals surface area contributed by atoms with Crippen LogP contribution in [0.5, 0.6) is 17.2 Å². The van der Waals surface area contributed by atoms with Crippen LogP contribution >= 0.6 is 0 Å². The van der Waals surface area contributed by atoms with Crippen LogP contribution in [0.25, 0.3) is 22.3 Å². The number of methoxy groups -OCH3 is 1. The van der Waals surface area contributed by atoms with Crippen molar-refractivity contribution in [2.45, 2.75) is 168 Å². The smallest absolute Gasteiger partial charge is 0.161 e. The van der Waals surface area contributed by atoms with Gasteiger partial charge < -0.3 is 14.2 Å². The molecule has 3 heteroatoms. The van der Waals surface area contributed by atoms with Crippen LogP contribution in [-0.4, -0.2) is 20.3 Å². The molecule has 0 saturated carbocycles. The zero-order valence-electron chi connectivity index (χ0n) is 32.5. The van der Waals surface area contributed by atoms with E-state index in [2.05, 4.69) is 80.6 Å². The Kier molecular flexibility index (Phi) is 23.0. The first kappa shape index (κ1) is 41.5. The molecular weight excluding hydrogens is 613 g/mol. The molecule has 0 spiro atoms. The summed E-state index contributed by atoms with van der Waals surface area (Å²) in [5.41, 5.74) is 4.71. The van der Waals surface area contributed by atoms with Crippen LogP contribution in [0, 0.1) is 0 Å². The topological polar surface area (TPSA) is 27.7 Å². The van der Waals surface area contributed by atoms with Crippen LogP contribution in [0.2, 0.25) is 0 Å². The molecule has 0 heterocycles. The van der Waals surface area contributed by atoms with E-state index in [4.69, 9.17) is 14.2 Å². The summed E-state index contributed by atoms with van der Waals surface area (Å²) in [7, 11) is 1.73. The third-order valence-electron chi connectivity index (χ3n) is 10.1. The van der Waals surface area contributed by atoms with Crippen molar-refractivity contribution in [3.63, 3.8) is 0 Å². The Hall–Kier alpha value is -2.94. The molecule has 278 valence electrons. The van der Waals surface area contributed by atoms with E-state index in [0.717, 1.165) is 48.9 Å². The highest BCUT2D eigenvalue weighted by molar-refractivity contribution is 5.72. The number of hydrogen-bond acceptors (Lipinski definition) is 3. The molecule has 50 heavy (non-hydrogen) atoms. The van der Waals surface area contributed by atoms with Crippen molar-refractivity contribution in [2.75, 3.05) is 20.3 Å². The SMILES string of the molecule is CCCCCCCCCCCCCCOc1ccc(-c2ccc(-c3ccc(OCCCCCCCCCCCCCC)c(OC)c3)cc2)cc1. The monoisotopic (exact) mass is 685 g/mol. The summed E-state index contributed by atoms with van der Waals surface area (Å²) in [5.74, 6) is 2.59. The second kappa shape index (κ2) is 27.7. The molecule has 0 radical (unpaired) electrons. The first-order valence-corrected chi connectivity index (χ1v) is 20.9. The Balaban J connectivity index is 1.29. The highest BCUT2D eigenvalue weighted by Gasteiger charge is 2.08. The minimum absolute atomic E-state index is 0.741. The lowest BCUT2D eigenvalue weighted by Gasteiger charge is -2.13. The molecule has 0 aliphatic heterocycles. The average Bonchev–Trinajstić information content (AvgIpc) is 3.15. The maximum Gasteiger partial charge on any atom is 0.161 e. The third-order valence-corrected chi connectivity index (χ3v) is 10.1. The highest BCUT2D eigenvalue weighted by Crippen LogP contribution is 2.34. The van der Waals surface area contributed by atoms with E-state index in [0.29, 0.717) is 0 Å². The van der Waals surface area contributed by atoms with Gasteiger partial charge in [0.05, 0.1) is 20.3 Å².